The second-order valence-corrected chi connectivity index (χ2v) is 6.82. The number of hydrogen-bond donors (Lipinski definition) is 3. The molecule has 0 spiro atoms. The summed E-state index contributed by atoms with van der Waals surface area (Å²) < 4.78 is 0.651. The van der Waals surface area contributed by atoms with Gasteiger partial charge in [-0.25, -0.2) is 0 Å². The fourth-order valence-corrected chi connectivity index (χ4v) is 2.61. The standard InChI is InChI=1S/C19H16BrN3O6/c1-11(19(26)27)21-18(25)16(9-12-4-2-7-15(8-12)23(28)29)22-17(24)13-5-3-6-14(20)10-13/h2-11H,1H3,(H,21,25)(H,22,24)(H,26,27)/b16-9-/t11-/m0/s1. The Balaban J connectivity index is 2.38. The van der Waals surface area contributed by atoms with Gasteiger partial charge < -0.3 is 15.7 Å². The van der Waals surface area contributed by atoms with E-state index in [4.69, 9.17) is 5.11 Å². The summed E-state index contributed by atoms with van der Waals surface area (Å²) in [6.45, 7) is 1.27. The average molecular weight is 462 g/mol. The van der Waals surface area contributed by atoms with Gasteiger partial charge in [-0.05, 0) is 36.8 Å². The monoisotopic (exact) mass is 461 g/mol. The van der Waals surface area contributed by atoms with Crippen LogP contribution >= 0.6 is 15.9 Å². The lowest BCUT2D eigenvalue weighted by molar-refractivity contribution is -0.384. The second kappa shape index (κ2) is 9.60. The highest BCUT2D eigenvalue weighted by Gasteiger charge is 2.20. The predicted octanol–water partition coefficient (Wildman–Crippen LogP) is 2.72. The van der Waals surface area contributed by atoms with Gasteiger partial charge >= 0.3 is 5.97 Å². The molecule has 0 heterocycles. The number of nitrogens with zero attached hydrogens (tertiary/aromatic N) is 1. The van der Waals surface area contributed by atoms with Crippen LogP contribution in [0.5, 0.6) is 0 Å². The number of rotatable bonds is 7. The van der Waals surface area contributed by atoms with Crippen LogP contribution in [0, 0.1) is 10.1 Å². The molecule has 2 aromatic carbocycles. The molecule has 0 bridgehead atoms. The summed E-state index contributed by atoms with van der Waals surface area (Å²) in [5.41, 5.74) is 0.0737. The normalized spacial score (nSPS) is 12.0. The molecule has 29 heavy (non-hydrogen) atoms. The van der Waals surface area contributed by atoms with E-state index in [1.54, 1.807) is 12.1 Å². The molecule has 0 aromatic heterocycles. The van der Waals surface area contributed by atoms with Crippen molar-refractivity contribution in [2.24, 2.45) is 0 Å². The van der Waals surface area contributed by atoms with Crippen LogP contribution < -0.4 is 10.6 Å². The van der Waals surface area contributed by atoms with Gasteiger partial charge in [0.15, 0.2) is 0 Å². The minimum absolute atomic E-state index is 0.198. The minimum Gasteiger partial charge on any atom is -0.480 e. The minimum atomic E-state index is -1.26. The summed E-state index contributed by atoms with van der Waals surface area (Å²) in [4.78, 5) is 46.4. The quantitative estimate of drug-likeness (QED) is 0.329. The molecule has 0 aliphatic rings. The molecule has 2 rings (SSSR count). The number of hydrogen-bond acceptors (Lipinski definition) is 5. The number of benzene rings is 2. The summed E-state index contributed by atoms with van der Waals surface area (Å²) in [5, 5.41) is 24.6. The van der Waals surface area contributed by atoms with Gasteiger partial charge in [-0.15, -0.1) is 0 Å². The van der Waals surface area contributed by atoms with E-state index < -0.39 is 28.7 Å². The van der Waals surface area contributed by atoms with Crippen molar-refractivity contribution in [2.45, 2.75) is 13.0 Å². The summed E-state index contributed by atoms with van der Waals surface area (Å²) in [7, 11) is 0. The zero-order valence-corrected chi connectivity index (χ0v) is 16.7. The Labute approximate surface area is 173 Å². The Morgan fingerprint density at radius 2 is 1.86 bits per heavy atom. The van der Waals surface area contributed by atoms with Crippen LogP contribution in [-0.4, -0.2) is 33.9 Å². The lowest BCUT2D eigenvalue weighted by Crippen LogP contribution is -2.42. The molecule has 0 saturated heterocycles. The molecule has 2 amide bonds. The molecule has 0 fully saturated rings. The van der Waals surface area contributed by atoms with Gasteiger partial charge in [-0.2, -0.15) is 0 Å². The first-order valence-electron chi connectivity index (χ1n) is 8.24. The molecule has 0 saturated carbocycles. The smallest absolute Gasteiger partial charge is 0.325 e. The lowest BCUT2D eigenvalue weighted by Gasteiger charge is -2.13. The topological polar surface area (TPSA) is 139 Å². The zero-order valence-electron chi connectivity index (χ0n) is 15.1. The number of nitro groups is 1. The largest absolute Gasteiger partial charge is 0.480 e. The number of halogens is 1. The van der Waals surface area contributed by atoms with E-state index >= 15 is 0 Å². The molecular formula is C19H16BrN3O6. The Morgan fingerprint density at radius 3 is 2.48 bits per heavy atom. The van der Waals surface area contributed by atoms with Crippen LogP contribution in [-0.2, 0) is 9.59 Å². The zero-order chi connectivity index (χ0) is 21.6. The van der Waals surface area contributed by atoms with Gasteiger partial charge in [-0.1, -0.05) is 34.1 Å². The maximum absolute atomic E-state index is 12.5. The maximum Gasteiger partial charge on any atom is 0.325 e. The summed E-state index contributed by atoms with van der Waals surface area (Å²) >= 11 is 3.25. The van der Waals surface area contributed by atoms with Crippen LogP contribution in [0.1, 0.15) is 22.8 Å². The Morgan fingerprint density at radius 1 is 1.17 bits per heavy atom. The van der Waals surface area contributed by atoms with Crippen molar-refractivity contribution in [1.82, 2.24) is 10.6 Å². The van der Waals surface area contributed by atoms with Gasteiger partial charge in [0.1, 0.15) is 11.7 Å². The van der Waals surface area contributed by atoms with Crippen LogP contribution in [0.3, 0.4) is 0 Å². The summed E-state index contributed by atoms with van der Waals surface area (Å²) in [6, 6.07) is 10.7. The van der Waals surface area contributed by atoms with Crippen LogP contribution in [0.15, 0.2) is 58.7 Å². The molecule has 2 aromatic rings. The van der Waals surface area contributed by atoms with E-state index in [1.807, 2.05) is 0 Å². The number of carboxylic acid groups (broad SMARTS) is 1. The number of non-ortho nitro benzene ring substituents is 1. The molecule has 9 nitrogen and oxygen atoms in total. The Bertz CT molecular complexity index is 1000. The fourth-order valence-electron chi connectivity index (χ4n) is 2.21. The first-order valence-corrected chi connectivity index (χ1v) is 9.03. The van der Waals surface area contributed by atoms with E-state index in [9.17, 15) is 24.5 Å². The second-order valence-electron chi connectivity index (χ2n) is 5.91. The third-order valence-electron chi connectivity index (χ3n) is 3.69. The molecule has 0 aliphatic carbocycles. The number of nitrogens with one attached hydrogen (secondary N) is 2. The molecule has 3 N–H and O–H groups in total. The van der Waals surface area contributed by atoms with E-state index in [2.05, 4.69) is 26.6 Å². The maximum atomic E-state index is 12.5. The van der Waals surface area contributed by atoms with Crippen LogP contribution in [0.4, 0.5) is 5.69 Å². The number of carbonyl (C=O) groups is 3. The molecule has 150 valence electrons. The SMILES string of the molecule is C[C@H](NC(=O)/C(=C/c1cccc([N+](=O)[O-])c1)NC(=O)c1cccc(Br)c1)C(=O)O. The third-order valence-corrected chi connectivity index (χ3v) is 4.18. The molecule has 0 aliphatic heterocycles. The summed E-state index contributed by atoms with van der Waals surface area (Å²) in [6.07, 6.45) is 1.23. The van der Waals surface area contributed by atoms with Crippen LogP contribution in [0.2, 0.25) is 0 Å². The lowest BCUT2D eigenvalue weighted by atomic mass is 10.1. The average Bonchev–Trinajstić information content (AvgIpc) is 2.67. The number of amides is 2. The van der Waals surface area contributed by atoms with Crippen molar-refractivity contribution in [3.8, 4) is 0 Å². The van der Waals surface area contributed by atoms with Gasteiger partial charge in [-0.3, -0.25) is 24.5 Å². The summed E-state index contributed by atoms with van der Waals surface area (Å²) in [5.74, 6) is -2.72. The fraction of sp³-hybridized carbons (Fsp3) is 0.105. The Kier molecular flexibility index (Phi) is 7.21. The van der Waals surface area contributed by atoms with Gasteiger partial charge in [0.2, 0.25) is 0 Å². The van der Waals surface area contributed by atoms with Crippen LogP contribution in [0.25, 0.3) is 6.08 Å². The highest BCUT2D eigenvalue weighted by atomic mass is 79.9. The van der Waals surface area contributed by atoms with E-state index in [0.717, 1.165) is 0 Å². The number of carbonyl (C=O) groups excluding carboxylic acids is 2. The number of nitro benzene ring substituents is 1. The highest BCUT2D eigenvalue weighted by molar-refractivity contribution is 9.10. The van der Waals surface area contributed by atoms with E-state index in [0.29, 0.717) is 4.47 Å². The van der Waals surface area contributed by atoms with Crippen molar-refractivity contribution in [1.29, 1.82) is 0 Å². The van der Waals surface area contributed by atoms with Gasteiger partial charge in [0.25, 0.3) is 17.5 Å². The molecule has 0 radical (unpaired) electrons. The number of carboxylic acids is 1. The van der Waals surface area contributed by atoms with Gasteiger partial charge in [0, 0.05) is 22.2 Å². The van der Waals surface area contributed by atoms with Gasteiger partial charge in [0.05, 0.1) is 4.92 Å². The van der Waals surface area contributed by atoms with Crippen molar-refractivity contribution in [2.75, 3.05) is 0 Å². The van der Waals surface area contributed by atoms with E-state index in [1.165, 1.54) is 49.4 Å². The van der Waals surface area contributed by atoms with Crippen molar-refractivity contribution in [3.63, 3.8) is 0 Å². The molecule has 0 unspecified atom stereocenters. The van der Waals surface area contributed by atoms with E-state index in [-0.39, 0.29) is 22.5 Å². The molecule has 1 atom stereocenters. The van der Waals surface area contributed by atoms with Crippen molar-refractivity contribution >= 4 is 45.5 Å². The van der Waals surface area contributed by atoms with Crippen molar-refractivity contribution < 1.29 is 24.4 Å². The molecular weight excluding hydrogens is 446 g/mol. The van der Waals surface area contributed by atoms with Crippen molar-refractivity contribution in [3.05, 3.63) is 79.9 Å². The predicted molar refractivity (Wildman–Crippen MR) is 108 cm³/mol. The Hall–Kier alpha value is -3.53. The third kappa shape index (κ3) is 6.25. The highest BCUT2D eigenvalue weighted by Crippen LogP contribution is 2.16. The first kappa shape index (κ1) is 21.8. The first-order chi connectivity index (χ1) is 13.7. The number of aliphatic carboxylic acids is 1. The molecule has 10 heteroatoms.